The van der Waals surface area contributed by atoms with Crippen LogP contribution in [0.1, 0.15) is 38.2 Å². The third-order valence-electron chi connectivity index (χ3n) is 4.02. The van der Waals surface area contributed by atoms with Crippen LogP contribution in [0, 0.1) is 12.8 Å². The number of carbonyl (C=O) groups excluding carboxylic acids is 1. The van der Waals surface area contributed by atoms with Crippen molar-refractivity contribution in [2.45, 2.75) is 45.1 Å². The summed E-state index contributed by atoms with van der Waals surface area (Å²) in [7, 11) is 0. The van der Waals surface area contributed by atoms with Gasteiger partial charge in [-0.15, -0.1) is 0 Å². The van der Waals surface area contributed by atoms with E-state index in [0.717, 1.165) is 36.9 Å². The molecule has 0 aliphatic heterocycles. The molecule has 0 saturated heterocycles. The van der Waals surface area contributed by atoms with Crippen molar-refractivity contribution >= 4 is 23.2 Å². The SMILES string of the molecule is Cc1cc(Cl)ccc1NC(=O)C1CCCCC1(C)N. The maximum atomic E-state index is 12.4. The van der Waals surface area contributed by atoms with Gasteiger partial charge in [0, 0.05) is 16.2 Å². The van der Waals surface area contributed by atoms with Crippen molar-refractivity contribution in [2.24, 2.45) is 11.7 Å². The Morgan fingerprint density at radius 2 is 2.21 bits per heavy atom. The Morgan fingerprint density at radius 3 is 2.84 bits per heavy atom. The zero-order chi connectivity index (χ0) is 14.0. The van der Waals surface area contributed by atoms with Gasteiger partial charge in [0.1, 0.15) is 0 Å². The lowest BCUT2D eigenvalue weighted by Crippen LogP contribution is -2.51. The molecule has 19 heavy (non-hydrogen) atoms. The van der Waals surface area contributed by atoms with Crippen LogP contribution in [-0.2, 0) is 4.79 Å². The van der Waals surface area contributed by atoms with Crippen molar-refractivity contribution in [2.75, 3.05) is 5.32 Å². The molecule has 0 radical (unpaired) electrons. The number of hydrogen-bond acceptors (Lipinski definition) is 2. The largest absolute Gasteiger partial charge is 0.326 e. The van der Waals surface area contributed by atoms with E-state index in [9.17, 15) is 4.79 Å². The lowest BCUT2D eigenvalue weighted by atomic mass is 9.74. The number of nitrogens with two attached hydrogens (primary N) is 1. The maximum Gasteiger partial charge on any atom is 0.229 e. The minimum atomic E-state index is -0.400. The molecule has 0 bridgehead atoms. The number of benzene rings is 1. The second-order valence-corrected chi connectivity index (χ2v) is 6.19. The van der Waals surface area contributed by atoms with Crippen LogP contribution < -0.4 is 11.1 Å². The van der Waals surface area contributed by atoms with Crippen molar-refractivity contribution in [1.29, 1.82) is 0 Å². The molecule has 2 atom stereocenters. The van der Waals surface area contributed by atoms with Gasteiger partial charge in [-0.05, 0) is 50.5 Å². The van der Waals surface area contributed by atoms with Gasteiger partial charge in [0.25, 0.3) is 0 Å². The van der Waals surface area contributed by atoms with Gasteiger partial charge in [-0.2, -0.15) is 0 Å². The molecule has 1 aromatic rings. The predicted octanol–water partition coefficient (Wildman–Crippen LogP) is 3.49. The van der Waals surface area contributed by atoms with E-state index in [1.165, 1.54) is 0 Å². The van der Waals surface area contributed by atoms with Gasteiger partial charge in [-0.25, -0.2) is 0 Å². The highest BCUT2D eigenvalue weighted by Gasteiger charge is 2.37. The highest BCUT2D eigenvalue weighted by Crippen LogP contribution is 2.32. The first-order valence-corrected chi connectivity index (χ1v) is 7.14. The van der Waals surface area contributed by atoms with Crippen molar-refractivity contribution in [3.8, 4) is 0 Å². The highest BCUT2D eigenvalue weighted by atomic mass is 35.5. The summed E-state index contributed by atoms with van der Waals surface area (Å²) in [4.78, 5) is 12.4. The Labute approximate surface area is 119 Å². The number of amides is 1. The number of nitrogens with one attached hydrogen (secondary N) is 1. The monoisotopic (exact) mass is 280 g/mol. The van der Waals surface area contributed by atoms with E-state index in [-0.39, 0.29) is 11.8 Å². The number of hydrogen-bond donors (Lipinski definition) is 2. The maximum absolute atomic E-state index is 12.4. The molecule has 104 valence electrons. The molecular formula is C15H21ClN2O. The normalized spacial score (nSPS) is 27.1. The summed E-state index contributed by atoms with van der Waals surface area (Å²) < 4.78 is 0. The second-order valence-electron chi connectivity index (χ2n) is 5.75. The summed E-state index contributed by atoms with van der Waals surface area (Å²) in [5.74, 6) is -0.0912. The van der Waals surface area contributed by atoms with Crippen LogP contribution in [0.3, 0.4) is 0 Å². The first kappa shape index (κ1) is 14.4. The molecule has 0 aromatic heterocycles. The average molecular weight is 281 g/mol. The summed E-state index contributed by atoms with van der Waals surface area (Å²) in [6, 6.07) is 5.47. The van der Waals surface area contributed by atoms with Crippen LogP contribution in [0.25, 0.3) is 0 Å². The third-order valence-corrected chi connectivity index (χ3v) is 4.25. The fourth-order valence-electron chi connectivity index (χ4n) is 2.78. The number of aryl methyl sites for hydroxylation is 1. The lowest BCUT2D eigenvalue weighted by molar-refractivity contribution is -0.122. The van der Waals surface area contributed by atoms with Gasteiger partial charge in [-0.3, -0.25) is 4.79 Å². The zero-order valence-electron chi connectivity index (χ0n) is 11.5. The van der Waals surface area contributed by atoms with E-state index in [1.807, 2.05) is 26.0 Å². The Kier molecular flexibility index (Phi) is 4.16. The van der Waals surface area contributed by atoms with E-state index in [4.69, 9.17) is 17.3 Å². The summed E-state index contributed by atoms with van der Waals surface area (Å²) in [6.45, 7) is 3.91. The number of anilines is 1. The molecule has 1 aliphatic rings. The van der Waals surface area contributed by atoms with E-state index in [0.29, 0.717) is 5.02 Å². The van der Waals surface area contributed by atoms with Crippen LogP contribution in [0.2, 0.25) is 5.02 Å². The molecule has 1 amide bonds. The first-order chi connectivity index (χ1) is 8.90. The molecule has 0 spiro atoms. The first-order valence-electron chi connectivity index (χ1n) is 6.76. The van der Waals surface area contributed by atoms with Crippen molar-refractivity contribution in [1.82, 2.24) is 0 Å². The molecule has 2 rings (SSSR count). The highest BCUT2D eigenvalue weighted by molar-refractivity contribution is 6.30. The van der Waals surface area contributed by atoms with Crippen LogP contribution in [-0.4, -0.2) is 11.4 Å². The van der Waals surface area contributed by atoms with E-state index < -0.39 is 5.54 Å². The summed E-state index contributed by atoms with van der Waals surface area (Å²) in [5.41, 5.74) is 7.64. The Bertz CT molecular complexity index is 485. The molecule has 1 fully saturated rings. The third kappa shape index (κ3) is 3.28. The lowest BCUT2D eigenvalue weighted by Gasteiger charge is -2.37. The Balaban J connectivity index is 2.12. The van der Waals surface area contributed by atoms with Crippen LogP contribution in [0.5, 0.6) is 0 Å². The average Bonchev–Trinajstić information content (AvgIpc) is 2.32. The van der Waals surface area contributed by atoms with Crippen LogP contribution in [0.15, 0.2) is 18.2 Å². The van der Waals surface area contributed by atoms with Gasteiger partial charge in [0.2, 0.25) is 5.91 Å². The van der Waals surface area contributed by atoms with Gasteiger partial charge in [-0.1, -0.05) is 24.4 Å². The van der Waals surface area contributed by atoms with E-state index in [2.05, 4.69) is 5.32 Å². The smallest absolute Gasteiger partial charge is 0.229 e. The minimum Gasteiger partial charge on any atom is -0.326 e. The molecule has 3 N–H and O–H groups in total. The van der Waals surface area contributed by atoms with Gasteiger partial charge in [0.15, 0.2) is 0 Å². The molecule has 1 aromatic carbocycles. The molecular weight excluding hydrogens is 260 g/mol. The van der Waals surface area contributed by atoms with Gasteiger partial charge >= 0.3 is 0 Å². The van der Waals surface area contributed by atoms with Gasteiger partial charge < -0.3 is 11.1 Å². The fourth-order valence-corrected chi connectivity index (χ4v) is 3.00. The predicted molar refractivity (Wildman–Crippen MR) is 79.4 cm³/mol. The van der Waals surface area contributed by atoms with Crippen LogP contribution >= 0.6 is 11.6 Å². The summed E-state index contributed by atoms with van der Waals surface area (Å²) in [5, 5.41) is 3.66. The molecule has 1 saturated carbocycles. The van der Waals surface area contributed by atoms with Crippen molar-refractivity contribution in [3.63, 3.8) is 0 Å². The number of rotatable bonds is 2. The summed E-state index contributed by atoms with van der Waals surface area (Å²) >= 11 is 5.91. The summed E-state index contributed by atoms with van der Waals surface area (Å²) in [6.07, 6.45) is 3.96. The molecule has 2 unspecified atom stereocenters. The van der Waals surface area contributed by atoms with Crippen LogP contribution in [0.4, 0.5) is 5.69 Å². The zero-order valence-corrected chi connectivity index (χ0v) is 12.3. The van der Waals surface area contributed by atoms with E-state index in [1.54, 1.807) is 6.07 Å². The Morgan fingerprint density at radius 1 is 1.47 bits per heavy atom. The standard InChI is InChI=1S/C15H21ClN2O/c1-10-9-11(16)6-7-13(10)18-14(19)12-5-3-4-8-15(12,2)17/h6-7,9,12H,3-5,8,17H2,1-2H3,(H,18,19). The van der Waals surface area contributed by atoms with E-state index >= 15 is 0 Å². The topological polar surface area (TPSA) is 55.1 Å². The minimum absolute atomic E-state index is 0.0233. The quantitative estimate of drug-likeness (QED) is 0.871. The van der Waals surface area contributed by atoms with Crippen molar-refractivity contribution < 1.29 is 4.79 Å². The molecule has 3 nitrogen and oxygen atoms in total. The molecule has 0 heterocycles. The molecule has 1 aliphatic carbocycles. The van der Waals surface area contributed by atoms with Gasteiger partial charge in [0.05, 0.1) is 5.92 Å². The fraction of sp³-hybridized carbons (Fsp3) is 0.533. The number of halogens is 1. The van der Waals surface area contributed by atoms with Crippen molar-refractivity contribution in [3.05, 3.63) is 28.8 Å². The molecule has 4 heteroatoms. The second kappa shape index (κ2) is 5.51. The Hall–Kier alpha value is -1.06. The number of carbonyl (C=O) groups is 1.